The highest BCUT2D eigenvalue weighted by Crippen LogP contribution is 2.31. The van der Waals surface area contributed by atoms with Crippen molar-refractivity contribution in [3.63, 3.8) is 0 Å². The fourth-order valence-electron chi connectivity index (χ4n) is 5.96. The molecule has 2 saturated heterocycles. The van der Waals surface area contributed by atoms with Gasteiger partial charge in [-0.15, -0.1) is 0 Å². The summed E-state index contributed by atoms with van der Waals surface area (Å²) in [5, 5.41) is 0. The number of ether oxygens (including phenoxy) is 10. The van der Waals surface area contributed by atoms with Crippen molar-refractivity contribution in [2.75, 3.05) is 27.3 Å². The van der Waals surface area contributed by atoms with Crippen LogP contribution in [0, 0.1) is 0 Å². The Hall–Kier alpha value is -5.56. The van der Waals surface area contributed by atoms with Crippen LogP contribution in [-0.2, 0) is 66.5 Å². The van der Waals surface area contributed by atoms with Gasteiger partial charge < -0.3 is 47.4 Å². The Morgan fingerprint density at radius 3 is 1.12 bits per heavy atom. The highest BCUT2D eigenvalue weighted by molar-refractivity contribution is 6.16. The largest absolute Gasteiger partial charge is 0.454 e. The molecule has 0 aliphatic carbocycles. The van der Waals surface area contributed by atoms with Crippen LogP contribution in [0.2, 0.25) is 0 Å². The predicted molar refractivity (Wildman–Crippen MR) is 192 cm³/mol. The second kappa shape index (κ2) is 20.9. The van der Waals surface area contributed by atoms with E-state index in [2.05, 4.69) is 9.98 Å². The fraction of sp³-hybridized carbons (Fsp3) is 0.474. The van der Waals surface area contributed by atoms with E-state index in [-0.39, 0.29) is 24.2 Å². The van der Waals surface area contributed by atoms with Crippen LogP contribution in [0.4, 0.5) is 0 Å². The lowest BCUT2D eigenvalue weighted by molar-refractivity contribution is -0.293. The molecule has 56 heavy (non-hydrogen) atoms. The molecule has 2 aliphatic rings. The van der Waals surface area contributed by atoms with E-state index in [1.54, 1.807) is 36.4 Å². The Kier molecular flexibility index (Phi) is 16.1. The summed E-state index contributed by atoms with van der Waals surface area (Å²) in [6.07, 6.45) is -9.97. The highest BCUT2D eigenvalue weighted by atomic mass is 16.7. The molecule has 2 aliphatic heterocycles. The van der Waals surface area contributed by atoms with Crippen LogP contribution in [-0.4, -0.2) is 137 Å². The number of hydrogen-bond donors (Lipinski definition) is 0. The molecule has 0 spiro atoms. The lowest BCUT2D eigenvalue weighted by Gasteiger charge is -2.43. The maximum atomic E-state index is 13.2. The van der Waals surface area contributed by atoms with Crippen molar-refractivity contribution in [2.45, 2.75) is 89.1 Å². The molecule has 0 radical (unpaired) electrons. The van der Waals surface area contributed by atoms with Crippen molar-refractivity contribution in [1.82, 2.24) is 0 Å². The van der Waals surface area contributed by atoms with Gasteiger partial charge >= 0.3 is 35.8 Å². The third kappa shape index (κ3) is 12.0. The second-order valence-corrected chi connectivity index (χ2v) is 12.4. The zero-order valence-corrected chi connectivity index (χ0v) is 31.5. The monoisotopic (exact) mass is 784 g/mol. The molecule has 0 N–H and O–H groups in total. The minimum Gasteiger partial charge on any atom is -0.454 e. The van der Waals surface area contributed by atoms with Gasteiger partial charge in [0.1, 0.15) is 12.2 Å². The molecule has 10 atom stereocenters. The molecule has 18 heteroatoms. The van der Waals surface area contributed by atoms with E-state index in [0.717, 1.165) is 27.7 Å². The van der Waals surface area contributed by atoms with E-state index in [9.17, 15) is 28.8 Å². The van der Waals surface area contributed by atoms with Crippen LogP contribution in [0.15, 0.2) is 70.6 Å². The van der Waals surface area contributed by atoms with Crippen LogP contribution >= 0.6 is 0 Å². The van der Waals surface area contributed by atoms with Crippen LogP contribution in [0.5, 0.6) is 0 Å². The number of esters is 6. The average molecular weight is 785 g/mol. The molecule has 0 bridgehead atoms. The highest BCUT2D eigenvalue weighted by Gasteiger charge is 2.53. The standard InChI is InChI=1S/C38H44N2O16/c1-21(41)49-31-29(55-35(45)25-13-9-7-10-14-25)27(53-37(47-5)33(31)51-23(3)43)19-39-17-18-40-20-28-30(56-36(46)26-15-11-8-12-16-26)32(50-22(2)42)34(52-24(4)44)38(48-6)54-28/h7-18,27-34,37-38H,19-20H2,1-6H3/t27-,28-,29-,30-,31+,32+,33+,34+,37+,38+/m1/s1. The molecule has 18 nitrogen and oxygen atoms in total. The third-order valence-electron chi connectivity index (χ3n) is 8.21. The number of methoxy groups -OCH3 is 2. The van der Waals surface area contributed by atoms with Crippen molar-refractivity contribution < 1.29 is 76.1 Å². The van der Waals surface area contributed by atoms with Gasteiger partial charge in [-0.3, -0.25) is 29.2 Å². The van der Waals surface area contributed by atoms with Crippen LogP contribution < -0.4 is 0 Å². The number of carbonyl (C=O) groups is 6. The first kappa shape index (κ1) is 43.2. The lowest BCUT2D eigenvalue weighted by atomic mass is 9.97. The Bertz CT molecular complexity index is 1590. The van der Waals surface area contributed by atoms with E-state index in [1.807, 2.05) is 0 Å². The summed E-state index contributed by atoms with van der Waals surface area (Å²) >= 11 is 0. The first-order valence-corrected chi connectivity index (χ1v) is 17.4. The van der Waals surface area contributed by atoms with Crippen LogP contribution in [0.3, 0.4) is 0 Å². The fourth-order valence-corrected chi connectivity index (χ4v) is 5.96. The summed E-state index contributed by atoms with van der Waals surface area (Å²) < 4.78 is 56.3. The molecule has 2 aromatic rings. The summed E-state index contributed by atoms with van der Waals surface area (Å²) in [6.45, 7) is 4.21. The Balaban J connectivity index is 1.57. The van der Waals surface area contributed by atoms with Gasteiger partial charge in [-0.25, -0.2) is 9.59 Å². The summed E-state index contributed by atoms with van der Waals surface area (Å²) in [5.41, 5.74) is 0.398. The maximum Gasteiger partial charge on any atom is 0.338 e. The topological polar surface area (TPSA) is 219 Å². The van der Waals surface area contributed by atoms with E-state index >= 15 is 0 Å². The number of benzene rings is 2. The molecule has 0 unspecified atom stereocenters. The van der Waals surface area contributed by atoms with E-state index in [1.165, 1.54) is 50.9 Å². The molecule has 2 fully saturated rings. The van der Waals surface area contributed by atoms with E-state index in [0.29, 0.717) is 0 Å². The second-order valence-electron chi connectivity index (χ2n) is 12.4. The summed E-state index contributed by atoms with van der Waals surface area (Å²) in [7, 11) is 2.59. The number of aliphatic imine (C=N–C) groups is 2. The minimum atomic E-state index is -1.34. The number of carbonyl (C=O) groups excluding carboxylic acids is 6. The molecule has 4 rings (SSSR count). The predicted octanol–water partition coefficient (Wildman–Crippen LogP) is 2.05. The van der Waals surface area contributed by atoms with E-state index < -0.39 is 97.2 Å². The Morgan fingerprint density at radius 1 is 0.500 bits per heavy atom. The van der Waals surface area contributed by atoms with Gasteiger partial charge in [0.05, 0.1) is 24.2 Å². The van der Waals surface area contributed by atoms with Crippen LogP contribution in [0.1, 0.15) is 48.4 Å². The zero-order valence-electron chi connectivity index (χ0n) is 31.5. The maximum absolute atomic E-state index is 13.2. The Morgan fingerprint density at radius 2 is 0.821 bits per heavy atom. The molecule has 302 valence electrons. The van der Waals surface area contributed by atoms with Crippen molar-refractivity contribution in [3.05, 3.63) is 71.8 Å². The van der Waals surface area contributed by atoms with Gasteiger partial charge in [-0.05, 0) is 24.3 Å². The molecule has 2 aromatic carbocycles. The summed E-state index contributed by atoms with van der Waals surface area (Å²) in [4.78, 5) is 83.5. The van der Waals surface area contributed by atoms with Gasteiger partial charge in [0, 0.05) is 54.3 Å². The first-order valence-electron chi connectivity index (χ1n) is 17.4. The molecular weight excluding hydrogens is 740 g/mol. The quantitative estimate of drug-likeness (QED) is 0.143. The minimum absolute atomic E-state index is 0.190. The molecule has 2 heterocycles. The summed E-state index contributed by atoms with van der Waals surface area (Å²) in [5.74, 6) is -4.48. The lowest BCUT2D eigenvalue weighted by Crippen LogP contribution is -2.62. The molecule has 0 saturated carbocycles. The third-order valence-corrected chi connectivity index (χ3v) is 8.21. The van der Waals surface area contributed by atoms with E-state index in [4.69, 9.17) is 47.4 Å². The summed E-state index contributed by atoms with van der Waals surface area (Å²) in [6, 6.07) is 16.1. The van der Waals surface area contributed by atoms with Crippen molar-refractivity contribution in [3.8, 4) is 0 Å². The van der Waals surface area contributed by atoms with Crippen LogP contribution in [0.25, 0.3) is 0 Å². The van der Waals surface area contributed by atoms with Gasteiger partial charge in [-0.1, -0.05) is 36.4 Å². The molecule has 0 amide bonds. The SMILES string of the molecule is CO[C@H]1O[C@H](CN=CC=NC[C@H]2O[C@H](OC)[C@@H](OC(C)=O)[C@@H](OC(C)=O)[C@@H]2OC(=O)c2ccccc2)[C@@H](OC(=O)c2ccccc2)[C@H](OC(C)=O)[C@@H]1OC(C)=O. The van der Waals surface area contributed by atoms with Gasteiger partial charge in [0.15, 0.2) is 49.2 Å². The van der Waals surface area contributed by atoms with Gasteiger partial charge in [-0.2, -0.15) is 0 Å². The van der Waals surface area contributed by atoms with Crippen molar-refractivity contribution in [2.24, 2.45) is 9.98 Å². The normalized spacial score (nSPS) is 27.5. The van der Waals surface area contributed by atoms with Crippen molar-refractivity contribution >= 4 is 48.2 Å². The number of rotatable bonds is 15. The van der Waals surface area contributed by atoms with Crippen molar-refractivity contribution in [1.29, 1.82) is 0 Å². The molecule has 0 aromatic heterocycles. The average Bonchev–Trinajstić information content (AvgIpc) is 3.16. The Labute approximate surface area is 322 Å². The smallest absolute Gasteiger partial charge is 0.338 e. The van der Waals surface area contributed by atoms with Gasteiger partial charge in [0.25, 0.3) is 0 Å². The van der Waals surface area contributed by atoms with Gasteiger partial charge in [0.2, 0.25) is 0 Å². The number of nitrogens with zero attached hydrogens (tertiary/aromatic N) is 2. The number of hydrogen-bond acceptors (Lipinski definition) is 18. The zero-order chi connectivity index (χ0) is 40.8. The first-order chi connectivity index (χ1) is 26.8. The molecular formula is C38H44N2O16.